The molecule has 116 valence electrons. The number of nitrogens with one attached hydrogen (secondary N) is 1. The lowest BCUT2D eigenvalue weighted by Gasteiger charge is -2.33. The highest BCUT2D eigenvalue weighted by Crippen LogP contribution is 2.30. The van der Waals surface area contributed by atoms with Crippen molar-refractivity contribution in [2.24, 2.45) is 0 Å². The van der Waals surface area contributed by atoms with Gasteiger partial charge in [-0.2, -0.15) is 0 Å². The molecule has 0 amide bonds. The van der Waals surface area contributed by atoms with E-state index in [1.165, 1.54) is 24.1 Å². The Labute approximate surface area is 127 Å². The first-order valence-corrected chi connectivity index (χ1v) is 8.27. The van der Waals surface area contributed by atoms with Gasteiger partial charge in [-0.3, -0.25) is 0 Å². The number of rotatable bonds is 5. The first-order valence-electron chi connectivity index (χ1n) is 8.27. The Kier molecular flexibility index (Phi) is 4.45. The average Bonchev–Trinajstić information content (AvgIpc) is 2.83. The molecule has 3 rings (SSSR count). The van der Waals surface area contributed by atoms with Crippen LogP contribution in [-0.2, 0) is 11.3 Å². The Balaban J connectivity index is 1.84. The standard InChI is InChI=1S/C17H27N3O/c1-4-18-9-13-7-16(12(2)3)19-17(8-13)20-10-14-5-6-15(11-20)21-14/h7-8,12,14-15,18H,4-6,9-11H2,1-3H3. The SMILES string of the molecule is CCNCc1cc(C(C)C)nc(N2CC3CCC(C2)O3)c1. The van der Waals surface area contributed by atoms with E-state index in [1.54, 1.807) is 0 Å². The topological polar surface area (TPSA) is 37.4 Å². The van der Waals surface area contributed by atoms with Crippen LogP contribution in [0.1, 0.15) is 50.8 Å². The molecular weight excluding hydrogens is 262 g/mol. The molecule has 2 saturated heterocycles. The molecule has 0 aliphatic carbocycles. The van der Waals surface area contributed by atoms with E-state index in [2.05, 4.69) is 43.1 Å². The van der Waals surface area contributed by atoms with E-state index in [4.69, 9.17) is 9.72 Å². The Morgan fingerprint density at radius 2 is 2.00 bits per heavy atom. The van der Waals surface area contributed by atoms with Gasteiger partial charge in [0.1, 0.15) is 5.82 Å². The maximum atomic E-state index is 5.94. The van der Waals surface area contributed by atoms with Crippen LogP contribution in [-0.4, -0.2) is 36.8 Å². The quantitative estimate of drug-likeness (QED) is 0.904. The molecule has 21 heavy (non-hydrogen) atoms. The maximum Gasteiger partial charge on any atom is 0.129 e. The molecule has 1 aromatic heterocycles. The Morgan fingerprint density at radius 1 is 1.29 bits per heavy atom. The summed E-state index contributed by atoms with van der Waals surface area (Å²) < 4.78 is 5.94. The number of hydrogen-bond donors (Lipinski definition) is 1. The number of morpholine rings is 1. The summed E-state index contributed by atoms with van der Waals surface area (Å²) >= 11 is 0. The first kappa shape index (κ1) is 14.8. The Morgan fingerprint density at radius 3 is 2.62 bits per heavy atom. The highest BCUT2D eigenvalue weighted by Gasteiger charge is 2.34. The van der Waals surface area contributed by atoms with Crippen molar-refractivity contribution in [2.45, 2.75) is 58.3 Å². The molecule has 4 heteroatoms. The molecule has 0 aromatic carbocycles. The van der Waals surface area contributed by atoms with Crippen molar-refractivity contribution in [3.63, 3.8) is 0 Å². The third-order valence-corrected chi connectivity index (χ3v) is 4.43. The number of pyridine rings is 1. The molecular formula is C17H27N3O. The minimum atomic E-state index is 0.408. The third-order valence-electron chi connectivity index (χ3n) is 4.43. The van der Waals surface area contributed by atoms with E-state index < -0.39 is 0 Å². The molecule has 0 radical (unpaired) electrons. The average molecular weight is 289 g/mol. The van der Waals surface area contributed by atoms with Crippen LogP contribution in [0.5, 0.6) is 0 Å². The first-order chi connectivity index (χ1) is 10.2. The summed E-state index contributed by atoms with van der Waals surface area (Å²) in [6.45, 7) is 10.5. The molecule has 2 aliphatic heterocycles. The molecule has 2 bridgehead atoms. The van der Waals surface area contributed by atoms with Crippen molar-refractivity contribution in [3.05, 3.63) is 23.4 Å². The summed E-state index contributed by atoms with van der Waals surface area (Å²) in [6, 6.07) is 4.49. The molecule has 0 spiro atoms. The zero-order valence-corrected chi connectivity index (χ0v) is 13.4. The zero-order valence-electron chi connectivity index (χ0n) is 13.4. The molecule has 1 N–H and O–H groups in total. The highest BCUT2D eigenvalue weighted by molar-refractivity contribution is 5.44. The van der Waals surface area contributed by atoms with Crippen molar-refractivity contribution in [1.29, 1.82) is 0 Å². The lowest BCUT2D eigenvalue weighted by Crippen LogP contribution is -2.43. The van der Waals surface area contributed by atoms with Gasteiger partial charge in [-0.1, -0.05) is 20.8 Å². The van der Waals surface area contributed by atoms with Gasteiger partial charge in [-0.15, -0.1) is 0 Å². The van der Waals surface area contributed by atoms with E-state index in [0.29, 0.717) is 18.1 Å². The van der Waals surface area contributed by atoms with Gasteiger partial charge in [0.15, 0.2) is 0 Å². The lowest BCUT2D eigenvalue weighted by atomic mass is 10.1. The van der Waals surface area contributed by atoms with Gasteiger partial charge in [-0.25, -0.2) is 4.98 Å². The zero-order chi connectivity index (χ0) is 14.8. The molecule has 1 aromatic rings. The minimum Gasteiger partial charge on any atom is -0.371 e. The summed E-state index contributed by atoms with van der Waals surface area (Å²) in [4.78, 5) is 7.33. The molecule has 2 unspecified atom stereocenters. The van der Waals surface area contributed by atoms with Gasteiger partial charge in [0.25, 0.3) is 0 Å². The van der Waals surface area contributed by atoms with Crippen molar-refractivity contribution >= 4 is 5.82 Å². The van der Waals surface area contributed by atoms with Crippen LogP contribution in [0.15, 0.2) is 12.1 Å². The predicted octanol–water partition coefficient (Wildman–Crippen LogP) is 2.68. The normalized spacial score (nSPS) is 24.9. The van der Waals surface area contributed by atoms with E-state index in [0.717, 1.165) is 32.0 Å². The molecule has 0 saturated carbocycles. The maximum absolute atomic E-state index is 5.94. The van der Waals surface area contributed by atoms with Crippen molar-refractivity contribution in [2.75, 3.05) is 24.5 Å². The van der Waals surface area contributed by atoms with Gasteiger partial charge in [0, 0.05) is 25.3 Å². The second-order valence-corrected chi connectivity index (χ2v) is 6.56. The van der Waals surface area contributed by atoms with Crippen LogP contribution in [0.4, 0.5) is 5.82 Å². The summed E-state index contributed by atoms with van der Waals surface area (Å²) in [5.41, 5.74) is 2.53. The van der Waals surface area contributed by atoms with Gasteiger partial charge in [0.2, 0.25) is 0 Å². The summed E-state index contributed by atoms with van der Waals surface area (Å²) in [5, 5.41) is 3.42. The third kappa shape index (κ3) is 3.38. The number of hydrogen-bond acceptors (Lipinski definition) is 4. The van der Waals surface area contributed by atoms with Gasteiger partial charge in [-0.05, 0) is 43.0 Å². The fraction of sp³-hybridized carbons (Fsp3) is 0.706. The molecule has 3 heterocycles. The summed E-state index contributed by atoms with van der Waals surface area (Å²) in [5.74, 6) is 1.59. The number of nitrogens with zero attached hydrogens (tertiary/aromatic N) is 2. The van der Waals surface area contributed by atoms with Crippen LogP contribution in [0.25, 0.3) is 0 Å². The van der Waals surface area contributed by atoms with Crippen LogP contribution in [0.2, 0.25) is 0 Å². The molecule has 2 atom stereocenters. The van der Waals surface area contributed by atoms with Crippen LogP contribution >= 0.6 is 0 Å². The highest BCUT2D eigenvalue weighted by atomic mass is 16.5. The predicted molar refractivity (Wildman–Crippen MR) is 85.8 cm³/mol. The Bertz CT molecular complexity index is 477. The second-order valence-electron chi connectivity index (χ2n) is 6.56. The van der Waals surface area contributed by atoms with Gasteiger partial charge in [0.05, 0.1) is 12.2 Å². The van der Waals surface area contributed by atoms with E-state index in [1.807, 2.05) is 0 Å². The second kappa shape index (κ2) is 6.32. The molecule has 2 fully saturated rings. The Hall–Kier alpha value is -1.13. The smallest absolute Gasteiger partial charge is 0.129 e. The van der Waals surface area contributed by atoms with Crippen LogP contribution < -0.4 is 10.2 Å². The molecule has 2 aliphatic rings. The van der Waals surface area contributed by atoms with E-state index in [-0.39, 0.29) is 0 Å². The minimum absolute atomic E-state index is 0.408. The monoisotopic (exact) mass is 289 g/mol. The molecule has 4 nitrogen and oxygen atoms in total. The fourth-order valence-corrected chi connectivity index (χ4v) is 3.23. The number of anilines is 1. The lowest BCUT2D eigenvalue weighted by molar-refractivity contribution is 0.0302. The van der Waals surface area contributed by atoms with Crippen molar-refractivity contribution in [1.82, 2.24) is 10.3 Å². The number of aromatic nitrogens is 1. The van der Waals surface area contributed by atoms with Crippen LogP contribution in [0, 0.1) is 0 Å². The van der Waals surface area contributed by atoms with E-state index in [9.17, 15) is 0 Å². The van der Waals surface area contributed by atoms with Gasteiger partial charge < -0.3 is 15.0 Å². The summed E-state index contributed by atoms with van der Waals surface area (Å²) in [6.07, 6.45) is 3.22. The van der Waals surface area contributed by atoms with Crippen molar-refractivity contribution in [3.8, 4) is 0 Å². The van der Waals surface area contributed by atoms with E-state index >= 15 is 0 Å². The van der Waals surface area contributed by atoms with Crippen LogP contribution in [0.3, 0.4) is 0 Å². The number of fused-ring (bicyclic) bond motifs is 2. The summed E-state index contributed by atoms with van der Waals surface area (Å²) in [7, 11) is 0. The van der Waals surface area contributed by atoms with Crippen molar-refractivity contribution < 1.29 is 4.74 Å². The fourth-order valence-electron chi connectivity index (χ4n) is 3.23. The number of ether oxygens (including phenoxy) is 1. The largest absolute Gasteiger partial charge is 0.371 e. The van der Waals surface area contributed by atoms with Gasteiger partial charge >= 0.3 is 0 Å².